The number of benzene rings is 2. The number of amides is 1. The van der Waals surface area contributed by atoms with Crippen molar-refractivity contribution >= 4 is 50.5 Å². The molecule has 1 heterocycles. The fourth-order valence-corrected chi connectivity index (χ4v) is 4.30. The minimum Gasteiger partial charge on any atom is -0.300 e. The first-order chi connectivity index (χ1) is 11.7. The van der Waals surface area contributed by atoms with Crippen molar-refractivity contribution in [2.45, 2.75) is 19.3 Å². The first-order valence-electron chi connectivity index (χ1n) is 7.85. The first kappa shape index (κ1) is 15.7. The van der Waals surface area contributed by atoms with E-state index in [2.05, 4.69) is 38.4 Å². The molecule has 0 radical (unpaired) electrons. The summed E-state index contributed by atoms with van der Waals surface area (Å²) in [6, 6.07) is 14.0. The lowest BCUT2D eigenvalue weighted by Crippen LogP contribution is -2.19. The minimum atomic E-state index is -0.0953. The van der Waals surface area contributed by atoms with Crippen molar-refractivity contribution in [2.24, 2.45) is 4.99 Å². The Labute approximate surface area is 153 Å². The average Bonchev–Trinajstić information content (AvgIpc) is 3.15. The summed E-state index contributed by atoms with van der Waals surface area (Å²) < 4.78 is 1.04. The van der Waals surface area contributed by atoms with E-state index >= 15 is 0 Å². The molecule has 2 aromatic rings. The first-order valence-corrected chi connectivity index (χ1v) is 9.46. The summed E-state index contributed by atoms with van der Waals surface area (Å²) in [6.07, 6.45) is 5.42. The number of fused-ring (bicyclic) bond motifs is 1. The van der Waals surface area contributed by atoms with Crippen molar-refractivity contribution < 1.29 is 4.79 Å². The molecule has 0 saturated carbocycles. The van der Waals surface area contributed by atoms with Crippen LogP contribution >= 0.6 is 27.7 Å². The van der Waals surface area contributed by atoms with E-state index in [-0.39, 0.29) is 5.91 Å². The monoisotopic (exact) mass is 398 g/mol. The van der Waals surface area contributed by atoms with E-state index in [0.717, 1.165) is 28.6 Å². The van der Waals surface area contributed by atoms with Crippen LogP contribution in [0, 0.1) is 0 Å². The van der Waals surface area contributed by atoms with Crippen LogP contribution in [0.4, 0.5) is 5.69 Å². The lowest BCUT2D eigenvalue weighted by molar-refractivity contribution is -0.115. The van der Waals surface area contributed by atoms with Crippen molar-refractivity contribution in [3.05, 3.63) is 68.5 Å². The predicted molar refractivity (Wildman–Crippen MR) is 103 cm³/mol. The van der Waals surface area contributed by atoms with Crippen molar-refractivity contribution in [1.29, 1.82) is 0 Å². The number of carbonyl (C=O) groups excluding carboxylic acids is 1. The number of para-hydroxylation sites is 1. The molecule has 2 aromatic carbocycles. The molecule has 0 unspecified atom stereocenters. The van der Waals surface area contributed by atoms with E-state index in [9.17, 15) is 4.79 Å². The smallest absolute Gasteiger partial charge is 0.264 e. The van der Waals surface area contributed by atoms with Gasteiger partial charge in [-0.2, -0.15) is 0 Å². The molecule has 1 aliphatic heterocycles. The summed E-state index contributed by atoms with van der Waals surface area (Å²) in [5.41, 5.74) is 4.69. The molecule has 2 aliphatic rings. The molecule has 4 rings (SSSR count). The van der Waals surface area contributed by atoms with E-state index in [4.69, 9.17) is 0 Å². The van der Waals surface area contributed by atoms with Crippen LogP contribution in [0.5, 0.6) is 0 Å². The number of hydrogen-bond acceptors (Lipinski definition) is 3. The van der Waals surface area contributed by atoms with Crippen LogP contribution in [0.2, 0.25) is 0 Å². The van der Waals surface area contributed by atoms with Crippen molar-refractivity contribution in [3.8, 4) is 0 Å². The lowest BCUT2D eigenvalue weighted by atomic mass is 10.1. The highest BCUT2D eigenvalue weighted by atomic mass is 79.9. The number of aliphatic imine (C=N–C) groups is 1. The number of amidine groups is 1. The Bertz CT molecular complexity index is 874. The van der Waals surface area contributed by atoms with Crippen molar-refractivity contribution in [3.63, 3.8) is 0 Å². The molecular formula is C19H15BrN2OS. The molecule has 1 aliphatic carbocycles. The molecular weight excluding hydrogens is 384 g/mol. The third-order valence-electron chi connectivity index (χ3n) is 4.14. The fourth-order valence-electron chi connectivity index (χ4n) is 2.97. The Kier molecular flexibility index (Phi) is 4.29. The van der Waals surface area contributed by atoms with Crippen LogP contribution in [-0.4, -0.2) is 11.1 Å². The molecule has 1 N–H and O–H groups in total. The van der Waals surface area contributed by atoms with E-state index in [1.54, 1.807) is 0 Å². The second-order valence-corrected chi connectivity index (χ2v) is 7.70. The molecule has 3 nitrogen and oxygen atoms in total. The molecule has 0 spiro atoms. The summed E-state index contributed by atoms with van der Waals surface area (Å²) in [6.45, 7) is 0. The number of thioether (sulfide) groups is 1. The summed E-state index contributed by atoms with van der Waals surface area (Å²) in [4.78, 5) is 17.4. The van der Waals surface area contributed by atoms with Gasteiger partial charge in [0.05, 0.1) is 10.6 Å². The number of hydrogen-bond donors (Lipinski definition) is 1. The second-order valence-electron chi connectivity index (χ2n) is 5.81. The molecule has 120 valence electrons. The van der Waals surface area contributed by atoms with Crippen LogP contribution in [0.25, 0.3) is 6.08 Å². The van der Waals surface area contributed by atoms with Crippen LogP contribution in [0.3, 0.4) is 0 Å². The molecule has 0 atom stereocenters. The maximum absolute atomic E-state index is 12.2. The zero-order valence-corrected chi connectivity index (χ0v) is 15.3. The number of nitrogens with zero attached hydrogens (tertiary/aromatic N) is 1. The van der Waals surface area contributed by atoms with Crippen molar-refractivity contribution in [1.82, 2.24) is 5.32 Å². The largest absolute Gasteiger partial charge is 0.300 e. The summed E-state index contributed by atoms with van der Waals surface area (Å²) >= 11 is 5.01. The highest BCUT2D eigenvalue weighted by Gasteiger charge is 2.24. The molecule has 5 heteroatoms. The quantitative estimate of drug-likeness (QED) is 0.735. The Hall–Kier alpha value is -1.85. The topological polar surface area (TPSA) is 41.5 Å². The fraction of sp³-hybridized carbons (Fsp3) is 0.158. The minimum absolute atomic E-state index is 0.0953. The third kappa shape index (κ3) is 3.19. The predicted octanol–water partition coefficient (Wildman–Crippen LogP) is 4.83. The van der Waals surface area contributed by atoms with E-state index in [1.807, 2.05) is 36.4 Å². The molecule has 0 bridgehead atoms. The lowest BCUT2D eigenvalue weighted by Gasteiger charge is -2.05. The number of rotatable bonds is 2. The van der Waals surface area contributed by atoms with Gasteiger partial charge in [-0.3, -0.25) is 4.79 Å². The summed E-state index contributed by atoms with van der Waals surface area (Å²) in [7, 11) is 0. The van der Waals surface area contributed by atoms with Crippen molar-refractivity contribution in [2.75, 3.05) is 0 Å². The van der Waals surface area contributed by atoms with Gasteiger partial charge in [0.2, 0.25) is 0 Å². The Morgan fingerprint density at radius 3 is 2.67 bits per heavy atom. The standard InChI is InChI=1S/C19H15BrN2OS/c20-16-10-13-6-4-5-12(13)9-14(16)11-17-18(23)22-19(24-17)21-15-7-2-1-3-8-15/h1-3,7-11H,4-6H2,(H,21,22,23)/b17-11+. The van der Waals surface area contributed by atoms with Gasteiger partial charge in [-0.1, -0.05) is 40.2 Å². The van der Waals surface area contributed by atoms with Gasteiger partial charge in [0.15, 0.2) is 5.17 Å². The molecule has 0 aromatic heterocycles. The van der Waals surface area contributed by atoms with Gasteiger partial charge >= 0.3 is 0 Å². The van der Waals surface area contributed by atoms with Crippen LogP contribution in [-0.2, 0) is 17.6 Å². The zero-order chi connectivity index (χ0) is 16.5. The second kappa shape index (κ2) is 6.57. The van der Waals surface area contributed by atoms with Gasteiger partial charge in [0.1, 0.15) is 0 Å². The summed E-state index contributed by atoms with van der Waals surface area (Å²) in [5, 5.41) is 3.46. The van der Waals surface area contributed by atoms with Gasteiger partial charge in [0, 0.05) is 4.47 Å². The van der Waals surface area contributed by atoms with E-state index in [1.165, 1.54) is 29.3 Å². The number of halogens is 1. The molecule has 1 fully saturated rings. The molecule has 1 saturated heterocycles. The highest BCUT2D eigenvalue weighted by Crippen LogP contribution is 2.33. The Balaban J connectivity index is 1.62. The van der Waals surface area contributed by atoms with E-state index in [0.29, 0.717) is 10.1 Å². The maximum atomic E-state index is 12.2. The van der Waals surface area contributed by atoms with Gasteiger partial charge in [-0.05, 0) is 72.0 Å². The van der Waals surface area contributed by atoms with E-state index < -0.39 is 0 Å². The zero-order valence-electron chi connectivity index (χ0n) is 12.9. The van der Waals surface area contributed by atoms with Gasteiger partial charge in [0.25, 0.3) is 5.91 Å². The maximum Gasteiger partial charge on any atom is 0.264 e. The Morgan fingerprint density at radius 1 is 1.12 bits per heavy atom. The van der Waals surface area contributed by atoms with Gasteiger partial charge < -0.3 is 5.32 Å². The SMILES string of the molecule is O=C1NC(=Nc2ccccc2)S/C1=C/c1cc2c(cc1Br)CCC2. The normalized spacial score (nSPS) is 19.8. The Morgan fingerprint density at radius 2 is 1.88 bits per heavy atom. The van der Waals surface area contributed by atoms with Gasteiger partial charge in [-0.25, -0.2) is 4.99 Å². The number of aryl methyl sites for hydroxylation is 2. The average molecular weight is 399 g/mol. The molecule has 1 amide bonds. The highest BCUT2D eigenvalue weighted by molar-refractivity contribution is 9.10. The van der Waals surface area contributed by atoms with Gasteiger partial charge in [-0.15, -0.1) is 0 Å². The van der Waals surface area contributed by atoms with Crippen LogP contribution in [0.15, 0.2) is 56.8 Å². The number of nitrogens with one attached hydrogen (secondary N) is 1. The van der Waals surface area contributed by atoms with Crippen LogP contribution in [0.1, 0.15) is 23.1 Å². The van der Waals surface area contributed by atoms with Crippen LogP contribution < -0.4 is 5.32 Å². The number of carbonyl (C=O) groups is 1. The third-order valence-corrected chi connectivity index (χ3v) is 5.73. The summed E-state index contributed by atoms with van der Waals surface area (Å²) in [5.74, 6) is -0.0953. The molecule has 24 heavy (non-hydrogen) atoms.